The molecule has 0 aliphatic rings. The number of amides is 1. The molecule has 6 nitrogen and oxygen atoms in total. The van der Waals surface area contributed by atoms with Crippen LogP contribution in [0.2, 0.25) is 0 Å². The summed E-state index contributed by atoms with van der Waals surface area (Å²) >= 11 is 0. The summed E-state index contributed by atoms with van der Waals surface area (Å²) < 4.78 is 34.1. The van der Waals surface area contributed by atoms with Gasteiger partial charge in [0.25, 0.3) is 15.9 Å². The molecule has 0 unspecified atom stereocenters. The first-order valence-electron chi connectivity index (χ1n) is 11.1. The van der Waals surface area contributed by atoms with Gasteiger partial charge in [0.05, 0.1) is 7.11 Å². The van der Waals surface area contributed by atoms with Gasteiger partial charge in [0.1, 0.15) is 10.6 Å². The van der Waals surface area contributed by atoms with Crippen molar-refractivity contribution in [3.05, 3.63) is 119 Å². The minimum Gasteiger partial charge on any atom is -0.495 e. The van der Waals surface area contributed by atoms with Gasteiger partial charge in [0, 0.05) is 16.9 Å². The van der Waals surface area contributed by atoms with E-state index in [-0.39, 0.29) is 16.2 Å². The number of hydrogen-bond donors (Lipinski definition) is 2. The van der Waals surface area contributed by atoms with Gasteiger partial charge in [0.2, 0.25) is 0 Å². The lowest BCUT2D eigenvalue weighted by Crippen LogP contribution is -2.17. The molecule has 4 rings (SSSR count). The van der Waals surface area contributed by atoms with Crippen molar-refractivity contribution in [1.29, 1.82) is 0 Å². The molecule has 178 valence electrons. The molecule has 0 bridgehead atoms. The molecule has 7 heteroatoms. The smallest absolute Gasteiger partial charge is 0.265 e. The van der Waals surface area contributed by atoms with Crippen molar-refractivity contribution in [1.82, 2.24) is 0 Å². The summed E-state index contributed by atoms with van der Waals surface area (Å²) in [5, 5.41) is 2.92. The van der Waals surface area contributed by atoms with Crippen molar-refractivity contribution in [3.8, 4) is 5.75 Å². The third kappa shape index (κ3) is 5.88. The van der Waals surface area contributed by atoms with Crippen LogP contribution in [0.5, 0.6) is 5.75 Å². The van der Waals surface area contributed by atoms with E-state index in [0.717, 1.165) is 16.7 Å². The first kappa shape index (κ1) is 24.0. The van der Waals surface area contributed by atoms with Crippen molar-refractivity contribution in [2.45, 2.75) is 18.2 Å². The lowest BCUT2D eigenvalue weighted by atomic mass is 10.0. The molecule has 0 saturated carbocycles. The zero-order valence-corrected chi connectivity index (χ0v) is 20.3. The first-order chi connectivity index (χ1) is 16.9. The van der Waals surface area contributed by atoms with E-state index in [4.69, 9.17) is 4.74 Å². The Morgan fingerprint density at radius 2 is 1.54 bits per heavy atom. The molecule has 0 saturated heterocycles. The summed E-state index contributed by atoms with van der Waals surface area (Å²) in [4.78, 5) is 13.0. The molecule has 0 spiro atoms. The highest BCUT2D eigenvalue weighted by Crippen LogP contribution is 2.28. The fourth-order valence-corrected chi connectivity index (χ4v) is 4.92. The first-order valence-corrected chi connectivity index (χ1v) is 12.5. The van der Waals surface area contributed by atoms with Crippen molar-refractivity contribution in [2.24, 2.45) is 0 Å². The average Bonchev–Trinajstić information content (AvgIpc) is 2.86. The van der Waals surface area contributed by atoms with Gasteiger partial charge in [0.15, 0.2) is 0 Å². The predicted molar refractivity (Wildman–Crippen MR) is 139 cm³/mol. The number of methoxy groups -OCH3 is 1. The van der Waals surface area contributed by atoms with E-state index < -0.39 is 15.9 Å². The van der Waals surface area contributed by atoms with E-state index in [9.17, 15) is 13.2 Å². The highest BCUT2D eigenvalue weighted by Gasteiger charge is 2.22. The molecule has 4 aromatic carbocycles. The molecular formula is C28H26N2O4S. The monoisotopic (exact) mass is 486 g/mol. The second-order valence-electron chi connectivity index (χ2n) is 8.11. The minimum atomic E-state index is -4.00. The number of anilines is 2. The molecule has 0 radical (unpaired) electrons. The Hall–Kier alpha value is -4.10. The van der Waals surface area contributed by atoms with Gasteiger partial charge >= 0.3 is 0 Å². The standard InChI is InChI=1S/C28H26N2O4S/c1-20-12-15-24(16-13-20)30-35(32,33)27-19-23(14-17-26(27)34-2)28(31)29-25-11-7-6-10-22(25)18-21-8-4-3-5-9-21/h3-17,19,30H,18H2,1-2H3,(H,29,31). The van der Waals surface area contributed by atoms with Gasteiger partial charge in [-0.2, -0.15) is 0 Å². The van der Waals surface area contributed by atoms with Crippen LogP contribution in [0.15, 0.2) is 102 Å². The van der Waals surface area contributed by atoms with Crippen LogP contribution in [0.1, 0.15) is 27.0 Å². The largest absolute Gasteiger partial charge is 0.495 e. The second-order valence-corrected chi connectivity index (χ2v) is 9.76. The van der Waals surface area contributed by atoms with Crippen molar-refractivity contribution in [3.63, 3.8) is 0 Å². The van der Waals surface area contributed by atoms with Gasteiger partial charge in [-0.1, -0.05) is 66.2 Å². The number of hydrogen-bond acceptors (Lipinski definition) is 4. The number of benzene rings is 4. The Morgan fingerprint density at radius 3 is 2.26 bits per heavy atom. The molecule has 0 atom stereocenters. The fraction of sp³-hybridized carbons (Fsp3) is 0.107. The van der Waals surface area contributed by atoms with E-state index in [2.05, 4.69) is 10.0 Å². The maximum absolute atomic E-state index is 13.1. The van der Waals surface area contributed by atoms with Crippen LogP contribution < -0.4 is 14.8 Å². The number of aryl methyl sites for hydroxylation is 1. The predicted octanol–water partition coefficient (Wildman–Crippen LogP) is 5.65. The number of carbonyl (C=O) groups is 1. The molecule has 0 fully saturated rings. The van der Waals surface area contributed by atoms with Crippen LogP contribution in [0.3, 0.4) is 0 Å². The Bertz CT molecular complexity index is 1430. The molecule has 0 heterocycles. The maximum atomic E-state index is 13.1. The van der Waals surface area contributed by atoms with E-state index in [1.165, 1.54) is 19.2 Å². The summed E-state index contributed by atoms with van der Waals surface area (Å²) in [7, 11) is -2.61. The number of para-hydroxylation sites is 1. The average molecular weight is 487 g/mol. The molecule has 35 heavy (non-hydrogen) atoms. The lowest BCUT2D eigenvalue weighted by molar-refractivity contribution is 0.102. The second kappa shape index (κ2) is 10.4. The third-order valence-corrected chi connectivity index (χ3v) is 6.92. The number of rotatable bonds is 8. The Kier molecular flexibility index (Phi) is 7.17. The Morgan fingerprint density at radius 1 is 0.857 bits per heavy atom. The minimum absolute atomic E-state index is 0.120. The highest BCUT2D eigenvalue weighted by atomic mass is 32.2. The number of nitrogens with one attached hydrogen (secondary N) is 2. The van der Waals surface area contributed by atoms with Crippen LogP contribution in [0.25, 0.3) is 0 Å². The topological polar surface area (TPSA) is 84.5 Å². The SMILES string of the molecule is COc1ccc(C(=O)Nc2ccccc2Cc2ccccc2)cc1S(=O)(=O)Nc1ccc(C)cc1. The van der Waals surface area contributed by atoms with E-state index >= 15 is 0 Å². The van der Waals surface area contributed by atoms with Crippen LogP contribution in [0.4, 0.5) is 11.4 Å². The molecule has 0 aliphatic heterocycles. The number of ether oxygens (including phenoxy) is 1. The molecule has 0 aromatic heterocycles. The van der Waals surface area contributed by atoms with Crippen molar-refractivity contribution < 1.29 is 17.9 Å². The Balaban J connectivity index is 1.60. The zero-order valence-electron chi connectivity index (χ0n) is 19.5. The quantitative estimate of drug-likeness (QED) is 0.337. The van der Waals surface area contributed by atoms with Gasteiger partial charge < -0.3 is 10.1 Å². The normalized spacial score (nSPS) is 11.0. The summed E-state index contributed by atoms with van der Waals surface area (Å²) in [5.41, 5.74) is 4.37. The van der Waals surface area contributed by atoms with Crippen molar-refractivity contribution >= 4 is 27.3 Å². The molecule has 1 amide bonds. The maximum Gasteiger partial charge on any atom is 0.265 e. The van der Waals surface area contributed by atoms with Crippen molar-refractivity contribution in [2.75, 3.05) is 17.1 Å². The summed E-state index contributed by atoms with van der Waals surface area (Å²) in [6, 6.07) is 28.8. The number of carbonyl (C=O) groups excluding carboxylic acids is 1. The van der Waals surface area contributed by atoms with Gasteiger partial charge in [-0.3, -0.25) is 9.52 Å². The van der Waals surface area contributed by atoms with Crippen LogP contribution in [-0.4, -0.2) is 21.4 Å². The zero-order chi connectivity index (χ0) is 24.8. The van der Waals surface area contributed by atoms with E-state index in [1.54, 1.807) is 18.2 Å². The van der Waals surface area contributed by atoms with Crippen LogP contribution >= 0.6 is 0 Å². The summed E-state index contributed by atoms with van der Waals surface area (Å²) in [5.74, 6) is -0.273. The van der Waals surface area contributed by atoms with E-state index in [1.807, 2.05) is 73.7 Å². The molecular weight excluding hydrogens is 460 g/mol. The summed E-state index contributed by atoms with van der Waals surface area (Å²) in [6.45, 7) is 1.92. The van der Waals surface area contributed by atoms with E-state index in [0.29, 0.717) is 17.8 Å². The lowest BCUT2D eigenvalue weighted by Gasteiger charge is -2.14. The van der Waals surface area contributed by atoms with Crippen LogP contribution in [0, 0.1) is 6.92 Å². The fourth-order valence-electron chi connectivity index (χ4n) is 3.67. The summed E-state index contributed by atoms with van der Waals surface area (Å²) in [6.07, 6.45) is 0.653. The van der Waals surface area contributed by atoms with Gasteiger partial charge in [-0.25, -0.2) is 8.42 Å². The molecule has 0 aliphatic carbocycles. The van der Waals surface area contributed by atoms with Gasteiger partial charge in [-0.05, 0) is 60.9 Å². The van der Waals surface area contributed by atoms with Crippen LogP contribution in [-0.2, 0) is 16.4 Å². The molecule has 2 N–H and O–H groups in total. The van der Waals surface area contributed by atoms with Gasteiger partial charge in [-0.15, -0.1) is 0 Å². The molecule has 4 aromatic rings. The number of sulfonamides is 1. The third-order valence-electron chi connectivity index (χ3n) is 5.52. The Labute approximate surface area is 205 Å². The highest BCUT2D eigenvalue weighted by molar-refractivity contribution is 7.92.